The second kappa shape index (κ2) is 5.67. The zero-order chi connectivity index (χ0) is 14.0. The molecule has 2 aromatic heterocycles. The van der Waals surface area contributed by atoms with Gasteiger partial charge in [0.05, 0.1) is 11.7 Å². The van der Waals surface area contributed by atoms with Crippen molar-refractivity contribution in [1.29, 1.82) is 0 Å². The summed E-state index contributed by atoms with van der Waals surface area (Å²) in [5, 5.41) is 3.39. The molecule has 0 bridgehead atoms. The van der Waals surface area contributed by atoms with Crippen molar-refractivity contribution in [3.05, 3.63) is 45.3 Å². The summed E-state index contributed by atoms with van der Waals surface area (Å²) in [4.78, 5) is 7.38. The maximum Gasteiger partial charge on any atom is 0.127 e. The summed E-state index contributed by atoms with van der Waals surface area (Å²) in [6, 6.07) is 8.07. The van der Waals surface area contributed by atoms with Crippen LogP contribution in [0.25, 0.3) is 0 Å². The number of nitrogens with zero attached hydrogens (tertiary/aromatic N) is 1. The lowest BCUT2D eigenvalue weighted by Gasteiger charge is -2.15. The van der Waals surface area contributed by atoms with Crippen LogP contribution in [0.4, 0.5) is 5.82 Å². The van der Waals surface area contributed by atoms with E-state index < -0.39 is 0 Å². The number of nitrogens with two attached hydrogens (primary N) is 1. The Labute approximate surface area is 122 Å². The number of rotatable bonds is 4. The van der Waals surface area contributed by atoms with Crippen molar-refractivity contribution in [2.45, 2.75) is 26.8 Å². The fourth-order valence-corrected chi connectivity index (χ4v) is 3.17. The van der Waals surface area contributed by atoms with E-state index in [1.165, 1.54) is 15.3 Å². The zero-order valence-corrected chi connectivity index (χ0v) is 12.9. The first-order valence-electron chi connectivity index (χ1n) is 6.07. The average molecular weight is 291 g/mol. The van der Waals surface area contributed by atoms with Gasteiger partial charge in [0.25, 0.3) is 0 Å². The summed E-state index contributed by atoms with van der Waals surface area (Å²) >= 11 is 6.76. The van der Waals surface area contributed by atoms with E-state index in [0.29, 0.717) is 10.7 Å². The van der Waals surface area contributed by atoms with Crippen LogP contribution in [0.5, 0.6) is 0 Å². The number of hydrogen-bond acceptors (Lipinski definition) is 4. The number of thiocarbonyl (C=S) groups is 1. The highest BCUT2D eigenvalue weighted by Gasteiger charge is 2.12. The molecule has 2 heterocycles. The average Bonchev–Trinajstić information content (AvgIpc) is 2.69. The van der Waals surface area contributed by atoms with Gasteiger partial charge in [-0.3, -0.25) is 0 Å². The molecule has 0 saturated heterocycles. The first kappa shape index (κ1) is 14.0. The van der Waals surface area contributed by atoms with Crippen LogP contribution >= 0.6 is 23.6 Å². The highest BCUT2D eigenvalue weighted by molar-refractivity contribution is 7.80. The van der Waals surface area contributed by atoms with Gasteiger partial charge in [-0.25, -0.2) is 4.98 Å². The van der Waals surface area contributed by atoms with Gasteiger partial charge in [-0.2, -0.15) is 0 Å². The highest BCUT2D eigenvalue weighted by atomic mass is 32.1. The zero-order valence-electron chi connectivity index (χ0n) is 11.2. The number of hydrogen-bond donors (Lipinski definition) is 2. The van der Waals surface area contributed by atoms with Gasteiger partial charge in [0, 0.05) is 9.75 Å². The van der Waals surface area contributed by atoms with Crippen molar-refractivity contribution in [2.75, 3.05) is 5.32 Å². The van der Waals surface area contributed by atoms with Crippen LogP contribution in [-0.4, -0.2) is 9.97 Å². The highest BCUT2D eigenvalue weighted by Crippen LogP contribution is 2.28. The molecule has 0 saturated carbocycles. The maximum atomic E-state index is 5.59. The molecule has 0 aliphatic carbocycles. The molecule has 3 N–H and O–H groups in total. The second-order valence-corrected chi connectivity index (χ2v) is 6.41. The molecule has 0 spiro atoms. The van der Waals surface area contributed by atoms with E-state index in [-0.39, 0.29) is 6.04 Å². The lowest BCUT2D eigenvalue weighted by molar-refractivity contribution is 0.871. The van der Waals surface area contributed by atoms with E-state index in [1.807, 2.05) is 29.5 Å². The van der Waals surface area contributed by atoms with Gasteiger partial charge >= 0.3 is 0 Å². The summed E-state index contributed by atoms with van der Waals surface area (Å²) in [6.07, 6.45) is 0. The van der Waals surface area contributed by atoms with Crippen LogP contribution in [0.3, 0.4) is 0 Å². The predicted octanol–water partition coefficient (Wildman–Crippen LogP) is 3.57. The minimum absolute atomic E-state index is 0.207. The molecule has 100 valence electrons. The number of pyridine rings is 1. The van der Waals surface area contributed by atoms with Crippen LogP contribution in [0.15, 0.2) is 24.3 Å². The van der Waals surface area contributed by atoms with E-state index in [2.05, 4.69) is 37.1 Å². The van der Waals surface area contributed by atoms with Crippen molar-refractivity contribution in [2.24, 2.45) is 5.73 Å². The van der Waals surface area contributed by atoms with E-state index in [9.17, 15) is 0 Å². The molecule has 5 heteroatoms. The van der Waals surface area contributed by atoms with Gasteiger partial charge < -0.3 is 11.1 Å². The Balaban J connectivity index is 2.19. The standard InChI is InChI=1S/C14H17N3S2/c1-8-7-11(10(3)19-8)9(2)16-13-6-4-5-12(17-13)14(15)18/h4-7,9H,1-3H3,(H2,15,18)(H,16,17). The van der Waals surface area contributed by atoms with Crippen LogP contribution in [-0.2, 0) is 0 Å². The molecule has 19 heavy (non-hydrogen) atoms. The van der Waals surface area contributed by atoms with Crippen LogP contribution in [0.2, 0.25) is 0 Å². The fraction of sp³-hybridized carbons (Fsp3) is 0.286. The Bertz CT molecular complexity index is 604. The fourth-order valence-electron chi connectivity index (χ4n) is 2.03. The van der Waals surface area contributed by atoms with Crippen molar-refractivity contribution in [1.82, 2.24) is 4.98 Å². The Morgan fingerprint density at radius 1 is 1.42 bits per heavy atom. The molecule has 3 nitrogen and oxygen atoms in total. The van der Waals surface area contributed by atoms with Crippen molar-refractivity contribution in [3.8, 4) is 0 Å². The Morgan fingerprint density at radius 2 is 2.16 bits per heavy atom. The Hall–Kier alpha value is -1.46. The van der Waals surface area contributed by atoms with Gasteiger partial charge in [-0.15, -0.1) is 11.3 Å². The first-order valence-corrected chi connectivity index (χ1v) is 7.30. The molecule has 2 rings (SSSR count). The summed E-state index contributed by atoms with van der Waals surface area (Å²) in [6.45, 7) is 6.40. The topological polar surface area (TPSA) is 50.9 Å². The molecule has 1 atom stereocenters. The van der Waals surface area contributed by atoms with Gasteiger partial charge in [-0.1, -0.05) is 18.3 Å². The third kappa shape index (κ3) is 3.30. The molecular weight excluding hydrogens is 274 g/mol. The van der Waals surface area contributed by atoms with Crippen LogP contribution in [0.1, 0.15) is 34.0 Å². The molecular formula is C14H17N3S2. The van der Waals surface area contributed by atoms with E-state index in [1.54, 1.807) is 0 Å². The number of aromatic nitrogens is 1. The molecule has 0 aliphatic heterocycles. The van der Waals surface area contributed by atoms with E-state index in [4.69, 9.17) is 18.0 Å². The van der Waals surface area contributed by atoms with E-state index >= 15 is 0 Å². The van der Waals surface area contributed by atoms with Gasteiger partial charge in [0.15, 0.2) is 0 Å². The quantitative estimate of drug-likeness (QED) is 0.846. The predicted molar refractivity (Wildman–Crippen MR) is 86.0 cm³/mol. The number of aryl methyl sites for hydroxylation is 2. The van der Waals surface area contributed by atoms with E-state index in [0.717, 1.165) is 5.82 Å². The molecule has 0 fully saturated rings. The normalized spacial score (nSPS) is 12.2. The minimum atomic E-state index is 0.207. The Kier molecular flexibility index (Phi) is 4.17. The van der Waals surface area contributed by atoms with Gasteiger partial charge in [-0.05, 0) is 44.5 Å². The lowest BCUT2D eigenvalue weighted by atomic mass is 10.1. The molecule has 0 aliphatic rings. The molecule has 0 amide bonds. The summed E-state index contributed by atoms with van der Waals surface area (Å²) in [5.41, 5.74) is 7.55. The Morgan fingerprint density at radius 3 is 2.74 bits per heavy atom. The lowest BCUT2D eigenvalue weighted by Crippen LogP contribution is -2.14. The molecule has 0 aromatic carbocycles. The molecule has 0 radical (unpaired) electrons. The van der Waals surface area contributed by atoms with Gasteiger partial charge in [0.2, 0.25) is 0 Å². The number of thiophene rings is 1. The molecule has 1 unspecified atom stereocenters. The third-order valence-electron chi connectivity index (χ3n) is 2.91. The monoisotopic (exact) mass is 291 g/mol. The van der Waals surface area contributed by atoms with Gasteiger partial charge in [0.1, 0.15) is 10.8 Å². The summed E-state index contributed by atoms with van der Waals surface area (Å²) < 4.78 is 0. The SMILES string of the molecule is Cc1cc(C(C)Nc2cccc(C(N)=S)n2)c(C)s1. The van der Waals surface area contributed by atoms with Crippen LogP contribution < -0.4 is 11.1 Å². The molecule has 2 aromatic rings. The third-order valence-corrected chi connectivity index (χ3v) is 4.10. The first-order chi connectivity index (χ1) is 8.97. The van der Waals surface area contributed by atoms with Crippen LogP contribution in [0, 0.1) is 13.8 Å². The maximum absolute atomic E-state index is 5.59. The van der Waals surface area contributed by atoms with Crippen molar-refractivity contribution in [3.63, 3.8) is 0 Å². The number of nitrogens with one attached hydrogen (secondary N) is 1. The van der Waals surface area contributed by atoms with Crippen molar-refractivity contribution < 1.29 is 0 Å². The summed E-state index contributed by atoms with van der Waals surface area (Å²) in [5.74, 6) is 0.793. The smallest absolute Gasteiger partial charge is 0.127 e. The van der Waals surface area contributed by atoms with Crippen molar-refractivity contribution >= 4 is 34.4 Å². The minimum Gasteiger partial charge on any atom is -0.388 e. The summed E-state index contributed by atoms with van der Waals surface area (Å²) in [7, 11) is 0. The second-order valence-electron chi connectivity index (χ2n) is 4.51. The number of anilines is 1. The largest absolute Gasteiger partial charge is 0.388 e.